The zero-order valence-electron chi connectivity index (χ0n) is 10.8. The molecular formula is C14H10FN5O. The molecule has 0 aliphatic rings. The number of carbonyl (C=O) groups is 1. The fraction of sp³-hybridized carbons (Fsp3) is 0. The standard InChI is InChI=1S/C14H10FN5O/c15-13-3-1-2-12(19-13)14(21)18-10-4-6-11(7-5-10)20-9-16-8-17-20/h1-9H,(H,18,21). The van der Waals surface area contributed by atoms with Crippen molar-refractivity contribution in [1.29, 1.82) is 0 Å². The van der Waals surface area contributed by atoms with E-state index >= 15 is 0 Å². The van der Waals surface area contributed by atoms with Crippen molar-refractivity contribution in [2.24, 2.45) is 0 Å². The minimum absolute atomic E-state index is 0.0235. The van der Waals surface area contributed by atoms with Gasteiger partial charge in [-0.15, -0.1) is 0 Å². The number of amides is 1. The predicted molar refractivity (Wildman–Crippen MR) is 73.5 cm³/mol. The summed E-state index contributed by atoms with van der Waals surface area (Å²) >= 11 is 0. The molecule has 7 heteroatoms. The van der Waals surface area contributed by atoms with Crippen molar-refractivity contribution in [1.82, 2.24) is 19.7 Å². The summed E-state index contributed by atoms with van der Waals surface area (Å²) in [6.07, 6.45) is 3.01. The van der Waals surface area contributed by atoms with Gasteiger partial charge in [0, 0.05) is 5.69 Å². The molecule has 0 atom stereocenters. The van der Waals surface area contributed by atoms with Gasteiger partial charge in [-0.3, -0.25) is 4.79 Å². The zero-order valence-corrected chi connectivity index (χ0v) is 10.8. The van der Waals surface area contributed by atoms with E-state index < -0.39 is 11.9 Å². The van der Waals surface area contributed by atoms with Gasteiger partial charge in [-0.2, -0.15) is 9.49 Å². The van der Waals surface area contributed by atoms with E-state index in [2.05, 4.69) is 20.4 Å². The minimum atomic E-state index is -0.691. The molecule has 0 spiro atoms. The zero-order chi connectivity index (χ0) is 14.7. The second-order valence-electron chi connectivity index (χ2n) is 4.19. The number of benzene rings is 1. The van der Waals surface area contributed by atoms with Gasteiger partial charge in [-0.25, -0.2) is 14.6 Å². The van der Waals surface area contributed by atoms with Crippen molar-refractivity contribution < 1.29 is 9.18 Å². The molecule has 2 heterocycles. The fourth-order valence-corrected chi connectivity index (χ4v) is 1.77. The Morgan fingerprint density at radius 1 is 1.14 bits per heavy atom. The van der Waals surface area contributed by atoms with E-state index in [1.807, 2.05) is 0 Å². The molecule has 104 valence electrons. The van der Waals surface area contributed by atoms with Gasteiger partial charge in [0.2, 0.25) is 5.95 Å². The maximum atomic E-state index is 13.0. The van der Waals surface area contributed by atoms with E-state index in [1.54, 1.807) is 35.3 Å². The van der Waals surface area contributed by atoms with Crippen LogP contribution in [-0.2, 0) is 0 Å². The highest BCUT2D eigenvalue weighted by Gasteiger charge is 2.08. The Hall–Kier alpha value is -3.09. The quantitative estimate of drug-likeness (QED) is 0.747. The van der Waals surface area contributed by atoms with Crippen molar-refractivity contribution in [3.8, 4) is 5.69 Å². The Morgan fingerprint density at radius 2 is 1.95 bits per heavy atom. The van der Waals surface area contributed by atoms with Crippen LogP contribution in [0.25, 0.3) is 5.69 Å². The molecule has 0 unspecified atom stereocenters. The molecule has 3 aromatic rings. The van der Waals surface area contributed by atoms with E-state index in [4.69, 9.17) is 0 Å². The third kappa shape index (κ3) is 2.92. The van der Waals surface area contributed by atoms with Gasteiger partial charge in [0.25, 0.3) is 5.91 Å². The van der Waals surface area contributed by atoms with Gasteiger partial charge in [-0.1, -0.05) is 6.07 Å². The highest BCUT2D eigenvalue weighted by Crippen LogP contribution is 2.13. The summed E-state index contributed by atoms with van der Waals surface area (Å²) < 4.78 is 14.6. The van der Waals surface area contributed by atoms with Gasteiger partial charge in [0.1, 0.15) is 18.3 Å². The Bertz CT molecular complexity index is 755. The lowest BCUT2D eigenvalue weighted by Gasteiger charge is -2.06. The molecule has 0 saturated heterocycles. The topological polar surface area (TPSA) is 72.7 Å². The molecule has 0 aliphatic carbocycles. The second kappa shape index (κ2) is 5.49. The highest BCUT2D eigenvalue weighted by atomic mass is 19.1. The smallest absolute Gasteiger partial charge is 0.274 e. The van der Waals surface area contributed by atoms with Crippen LogP contribution in [0.2, 0.25) is 0 Å². The van der Waals surface area contributed by atoms with Crippen molar-refractivity contribution in [3.05, 3.63) is 66.8 Å². The van der Waals surface area contributed by atoms with Gasteiger partial charge in [0.15, 0.2) is 0 Å². The summed E-state index contributed by atoms with van der Waals surface area (Å²) in [5, 5.41) is 6.65. The maximum Gasteiger partial charge on any atom is 0.274 e. The molecule has 0 aliphatic heterocycles. The number of carbonyl (C=O) groups excluding carboxylic acids is 1. The number of hydrogen-bond donors (Lipinski definition) is 1. The molecule has 1 N–H and O–H groups in total. The number of nitrogens with zero attached hydrogens (tertiary/aromatic N) is 4. The summed E-state index contributed by atoms with van der Waals surface area (Å²) in [4.78, 5) is 19.3. The van der Waals surface area contributed by atoms with Crippen LogP contribution in [0.15, 0.2) is 55.1 Å². The van der Waals surface area contributed by atoms with Crippen molar-refractivity contribution >= 4 is 11.6 Å². The summed E-state index contributed by atoms with van der Waals surface area (Å²) in [5.74, 6) is -1.16. The first-order valence-electron chi connectivity index (χ1n) is 6.11. The van der Waals surface area contributed by atoms with E-state index in [0.717, 1.165) is 5.69 Å². The number of halogens is 1. The van der Waals surface area contributed by atoms with E-state index in [9.17, 15) is 9.18 Å². The van der Waals surface area contributed by atoms with Crippen LogP contribution in [-0.4, -0.2) is 25.7 Å². The molecule has 6 nitrogen and oxygen atoms in total. The van der Waals surface area contributed by atoms with Crippen LogP contribution in [0.4, 0.5) is 10.1 Å². The lowest BCUT2D eigenvalue weighted by atomic mass is 10.2. The van der Waals surface area contributed by atoms with E-state index in [1.165, 1.54) is 24.5 Å². The minimum Gasteiger partial charge on any atom is -0.321 e. The van der Waals surface area contributed by atoms with Crippen molar-refractivity contribution in [2.45, 2.75) is 0 Å². The molecular weight excluding hydrogens is 273 g/mol. The van der Waals surface area contributed by atoms with Gasteiger partial charge >= 0.3 is 0 Å². The molecule has 0 saturated carbocycles. The average molecular weight is 283 g/mol. The Labute approximate surface area is 119 Å². The number of pyridine rings is 1. The fourth-order valence-electron chi connectivity index (χ4n) is 1.77. The van der Waals surface area contributed by atoms with Crippen molar-refractivity contribution in [2.75, 3.05) is 5.32 Å². The van der Waals surface area contributed by atoms with Crippen LogP contribution in [0.3, 0.4) is 0 Å². The predicted octanol–water partition coefficient (Wildman–Crippen LogP) is 2.05. The van der Waals surface area contributed by atoms with Crippen molar-refractivity contribution in [3.63, 3.8) is 0 Å². The molecule has 0 fully saturated rings. The monoisotopic (exact) mass is 283 g/mol. The summed E-state index contributed by atoms with van der Waals surface area (Å²) in [6.45, 7) is 0. The average Bonchev–Trinajstić information content (AvgIpc) is 3.02. The summed E-state index contributed by atoms with van der Waals surface area (Å²) in [5.41, 5.74) is 1.42. The van der Waals surface area contributed by atoms with Crippen LogP contribution in [0.5, 0.6) is 0 Å². The Morgan fingerprint density at radius 3 is 2.62 bits per heavy atom. The first-order chi connectivity index (χ1) is 10.2. The number of anilines is 1. The highest BCUT2D eigenvalue weighted by molar-refractivity contribution is 6.02. The molecule has 3 rings (SSSR count). The summed E-state index contributed by atoms with van der Waals surface area (Å²) in [7, 11) is 0. The van der Waals surface area contributed by atoms with Crippen LogP contribution < -0.4 is 5.32 Å². The number of rotatable bonds is 3. The van der Waals surface area contributed by atoms with Gasteiger partial charge in [0.05, 0.1) is 5.69 Å². The maximum absolute atomic E-state index is 13.0. The normalized spacial score (nSPS) is 10.3. The summed E-state index contributed by atoms with van der Waals surface area (Å²) in [6, 6.07) is 11.1. The third-order valence-electron chi connectivity index (χ3n) is 2.76. The molecule has 1 aromatic carbocycles. The largest absolute Gasteiger partial charge is 0.321 e. The number of hydrogen-bond acceptors (Lipinski definition) is 4. The Kier molecular flexibility index (Phi) is 3.38. The number of aromatic nitrogens is 4. The van der Waals surface area contributed by atoms with Crippen LogP contribution in [0.1, 0.15) is 10.5 Å². The molecule has 0 bridgehead atoms. The van der Waals surface area contributed by atoms with Gasteiger partial charge < -0.3 is 5.32 Å². The first-order valence-corrected chi connectivity index (χ1v) is 6.11. The Balaban J connectivity index is 1.75. The van der Waals surface area contributed by atoms with E-state index in [0.29, 0.717) is 5.69 Å². The molecule has 2 aromatic heterocycles. The van der Waals surface area contributed by atoms with Crippen LogP contribution in [0, 0.1) is 5.95 Å². The number of nitrogens with one attached hydrogen (secondary N) is 1. The van der Waals surface area contributed by atoms with E-state index in [-0.39, 0.29) is 5.69 Å². The second-order valence-corrected chi connectivity index (χ2v) is 4.19. The van der Waals surface area contributed by atoms with Gasteiger partial charge in [-0.05, 0) is 36.4 Å². The first kappa shape index (κ1) is 12.9. The lowest BCUT2D eigenvalue weighted by molar-refractivity contribution is 0.102. The molecule has 1 amide bonds. The molecule has 0 radical (unpaired) electrons. The SMILES string of the molecule is O=C(Nc1ccc(-n2cncn2)cc1)c1cccc(F)n1. The lowest BCUT2D eigenvalue weighted by Crippen LogP contribution is -2.14. The van der Waals surface area contributed by atoms with Crippen LogP contribution >= 0.6 is 0 Å². The molecule has 21 heavy (non-hydrogen) atoms. The third-order valence-corrected chi connectivity index (χ3v) is 2.76.